The van der Waals surface area contributed by atoms with Gasteiger partial charge in [0.15, 0.2) is 0 Å². The predicted octanol–water partition coefficient (Wildman–Crippen LogP) is 3.54. The third-order valence-corrected chi connectivity index (χ3v) is 6.44. The Labute approximate surface area is 202 Å². The van der Waals surface area contributed by atoms with Gasteiger partial charge in [-0.15, -0.1) is 0 Å². The van der Waals surface area contributed by atoms with Crippen molar-refractivity contribution in [3.8, 4) is 0 Å². The Hall–Kier alpha value is -2.94. The van der Waals surface area contributed by atoms with E-state index >= 15 is 0 Å². The van der Waals surface area contributed by atoms with Crippen molar-refractivity contribution in [1.82, 2.24) is 10.2 Å². The third kappa shape index (κ3) is 7.03. The maximum absolute atomic E-state index is 14.4. The van der Waals surface area contributed by atoms with Gasteiger partial charge >= 0.3 is 0 Å². The van der Waals surface area contributed by atoms with Crippen LogP contribution in [0.25, 0.3) is 0 Å². The minimum absolute atomic E-state index is 0.186. The van der Waals surface area contributed by atoms with Crippen LogP contribution in [0.2, 0.25) is 0 Å². The van der Waals surface area contributed by atoms with Gasteiger partial charge in [-0.25, -0.2) is 12.8 Å². The molecular weight excluding hydrogens is 457 g/mol. The van der Waals surface area contributed by atoms with Crippen LogP contribution in [-0.2, 0) is 26.2 Å². The lowest BCUT2D eigenvalue weighted by Gasteiger charge is -2.33. The van der Waals surface area contributed by atoms with Gasteiger partial charge in [-0.2, -0.15) is 0 Å². The number of aryl methyl sites for hydroxylation is 2. The van der Waals surface area contributed by atoms with E-state index < -0.39 is 45.8 Å². The summed E-state index contributed by atoms with van der Waals surface area (Å²) in [5.41, 5.74) is 1.48. The average Bonchev–Trinajstić information content (AvgIpc) is 2.69. The molecule has 0 saturated carbocycles. The molecule has 0 spiro atoms. The zero-order chi connectivity index (χ0) is 25.8. The van der Waals surface area contributed by atoms with Crippen molar-refractivity contribution in [2.75, 3.05) is 17.1 Å². The van der Waals surface area contributed by atoms with Gasteiger partial charge in [0.05, 0.1) is 11.9 Å². The van der Waals surface area contributed by atoms with E-state index in [-0.39, 0.29) is 12.1 Å². The van der Waals surface area contributed by atoms with E-state index in [1.54, 1.807) is 45.0 Å². The van der Waals surface area contributed by atoms with Crippen LogP contribution >= 0.6 is 0 Å². The summed E-state index contributed by atoms with van der Waals surface area (Å²) in [6.45, 7) is 9.81. The molecule has 9 heteroatoms. The highest BCUT2D eigenvalue weighted by Gasteiger charge is 2.32. The Morgan fingerprint density at radius 2 is 1.59 bits per heavy atom. The maximum atomic E-state index is 14.4. The summed E-state index contributed by atoms with van der Waals surface area (Å²) >= 11 is 0. The number of nitrogens with one attached hydrogen (secondary N) is 1. The second-order valence-corrected chi connectivity index (χ2v) is 11.4. The number of halogens is 1. The van der Waals surface area contributed by atoms with Gasteiger partial charge in [0, 0.05) is 17.6 Å². The molecular formula is C25H34FN3O4S. The monoisotopic (exact) mass is 491 g/mol. The molecule has 0 aliphatic heterocycles. The molecule has 0 heterocycles. The lowest BCUT2D eigenvalue weighted by atomic mass is 10.1. The molecule has 7 nitrogen and oxygen atoms in total. The fourth-order valence-electron chi connectivity index (χ4n) is 3.64. The van der Waals surface area contributed by atoms with Crippen molar-refractivity contribution < 1.29 is 22.4 Å². The summed E-state index contributed by atoms with van der Waals surface area (Å²) in [5, 5.41) is 2.83. The number of para-hydroxylation sites is 1. The van der Waals surface area contributed by atoms with Crippen LogP contribution in [0, 0.1) is 19.7 Å². The lowest BCUT2D eigenvalue weighted by Crippen LogP contribution is -2.54. The Morgan fingerprint density at radius 1 is 1.03 bits per heavy atom. The van der Waals surface area contributed by atoms with Crippen molar-refractivity contribution in [2.24, 2.45) is 0 Å². The average molecular weight is 492 g/mol. The molecule has 186 valence electrons. The number of anilines is 1. The molecule has 2 rings (SSSR count). The number of carbonyl (C=O) groups is 2. The molecule has 0 saturated heterocycles. The van der Waals surface area contributed by atoms with E-state index in [2.05, 4.69) is 5.32 Å². The van der Waals surface area contributed by atoms with E-state index in [1.807, 2.05) is 20.8 Å². The van der Waals surface area contributed by atoms with E-state index in [0.29, 0.717) is 16.8 Å². The normalized spacial score (nSPS) is 12.7. The molecule has 34 heavy (non-hydrogen) atoms. The van der Waals surface area contributed by atoms with Crippen molar-refractivity contribution in [3.63, 3.8) is 0 Å². The molecule has 2 aromatic carbocycles. The highest BCUT2D eigenvalue weighted by molar-refractivity contribution is 7.92. The minimum Gasteiger partial charge on any atom is -0.350 e. The Balaban J connectivity index is 2.48. The molecule has 0 fully saturated rings. The molecule has 2 amide bonds. The lowest BCUT2D eigenvalue weighted by molar-refractivity contribution is -0.140. The van der Waals surface area contributed by atoms with Gasteiger partial charge in [0.25, 0.3) is 0 Å². The summed E-state index contributed by atoms with van der Waals surface area (Å²) in [4.78, 5) is 27.7. The Morgan fingerprint density at radius 3 is 2.09 bits per heavy atom. The molecule has 0 aromatic heterocycles. The molecule has 0 unspecified atom stereocenters. The van der Waals surface area contributed by atoms with Gasteiger partial charge in [0.1, 0.15) is 18.4 Å². The van der Waals surface area contributed by atoms with Gasteiger partial charge < -0.3 is 10.2 Å². The van der Waals surface area contributed by atoms with Gasteiger partial charge in [0.2, 0.25) is 21.8 Å². The molecule has 0 aliphatic rings. The Bertz CT molecular complexity index is 1140. The fraction of sp³-hybridized carbons (Fsp3) is 0.440. The maximum Gasteiger partial charge on any atom is 0.244 e. The van der Waals surface area contributed by atoms with E-state index in [1.165, 1.54) is 23.1 Å². The van der Waals surface area contributed by atoms with Crippen LogP contribution in [0.4, 0.5) is 10.1 Å². The first-order chi connectivity index (χ1) is 15.6. The fourth-order valence-corrected chi connectivity index (χ4v) is 4.61. The van der Waals surface area contributed by atoms with Crippen LogP contribution < -0.4 is 9.62 Å². The van der Waals surface area contributed by atoms with Crippen LogP contribution in [0.15, 0.2) is 42.5 Å². The Kier molecular flexibility index (Phi) is 8.47. The smallest absolute Gasteiger partial charge is 0.244 e. The second kappa shape index (κ2) is 10.5. The number of sulfonamides is 1. The van der Waals surface area contributed by atoms with Crippen LogP contribution in [0.1, 0.15) is 44.4 Å². The minimum atomic E-state index is -3.84. The van der Waals surface area contributed by atoms with Crippen molar-refractivity contribution in [1.29, 1.82) is 0 Å². The summed E-state index contributed by atoms with van der Waals surface area (Å²) in [6.07, 6.45) is 1.03. The van der Waals surface area contributed by atoms with Gasteiger partial charge in [-0.05, 0) is 58.7 Å². The number of rotatable bonds is 8. The third-order valence-electron chi connectivity index (χ3n) is 5.33. The number of benzene rings is 2. The molecule has 1 N–H and O–H groups in total. The first-order valence-corrected chi connectivity index (χ1v) is 12.9. The van der Waals surface area contributed by atoms with Gasteiger partial charge in [-0.1, -0.05) is 36.4 Å². The van der Waals surface area contributed by atoms with E-state index in [4.69, 9.17) is 0 Å². The molecule has 1 atom stereocenters. The number of amides is 2. The molecule has 0 aliphatic carbocycles. The predicted molar refractivity (Wildman–Crippen MR) is 132 cm³/mol. The summed E-state index contributed by atoms with van der Waals surface area (Å²) in [5.74, 6) is -1.55. The largest absolute Gasteiger partial charge is 0.350 e. The summed E-state index contributed by atoms with van der Waals surface area (Å²) < 4.78 is 40.9. The SMILES string of the molecule is Cc1cccc(C)c1N(CC(=O)N(Cc1ccccc1F)[C@H](C)C(=O)NC(C)(C)C)S(C)(=O)=O. The van der Waals surface area contributed by atoms with Crippen LogP contribution in [0.5, 0.6) is 0 Å². The van der Waals surface area contributed by atoms with E-state index in [0.717, 1.165) is 10.6 Å². The van der Waals surface area contributed by atoms with Crippen molar-refractivity contribution >= 4 is 27.5 Å². The topological polar surface area (TPSA) is 86.8 Å². The highest BCUT2D eigenvalue weighted by atomic mass is 32.2. The number of hydrogen-bond donors (Lipinski definition) is 1. The first kappa shape index (κ1) is 27.3. The second-order valence-electron chi connectivity index (χ2n) is 9.54. The number of carbonyl (C=O) groups excluding carboxylic acids is 2. The number of hydrogen-bond acceptors (Lipinski definition) is 4. The van der Waals surface area contributed by atoms with Crippen molar-refractivity contribution in [2.45, 2.75) is 59.7 Å². The van der Waals surface area contributed by atoms with Crippen molar-refractivity contribution in [3.05, 3.63) is 65.0 Å². The zero-order valence-corrected chi connectivity index (χ0v) is 21.7. The standard InChI is InChI=1S/C25H34FN3O4S/c1-17-11-10-12-18(2)23(17)29(34(7,32)33)16-22(30)28(15-20-13-8-9-14-21(20)26)19(3)24(31)27-25(4,5)6/h8-14,19H,15-16H2,1-7H3,(H,27,31)/t19-/m1/s1. The number of nitrogens with zero attached hydrogens (tertiary/aromatic N) is 2. The molecule has 2 aromatic rings. The first-order valence-electron chi connectivity index (χ1n) is 11.0. The van der Waals surface area contributed by atoms with Crippen LogP contribution in [-0.4, -0.2) is 49.5 Å². The highest BCUT2D eigenvalue weighted by Crippen LogP contribution is 2.27. The van der Waals surface area contributed by atoms with Gasteiger partial charge in [-0.3, -0.25) is 13.9 Å². The summed E-state index contributed by atoms with van der Waals surface area (Å²) in [6, 6.07) is 10.4. The summed E-state index contributed by atoms with van der Waals surface area (Å²) in [7, 11) is -3.84. The molecule has 0 bridgehead atoms. The zero-order valence-electron chi connectivity index (χ0n) is 20.8. The van der Waals surface area contributed by atoms with E-state index in [9.17, 15) is 22.4 Å². The van der Waals surface area contributed by atoms with Crippen LogP contribution in [0.3, 0.4) is 0 Å². The molecule has 0 radical (unpaired) electrons. The quantitative estimate of drug-likeness (QED) is 0.612.